The number of carbonyl (C=O) groups excluding carboxylic acids is 1. The molecule has 0 atom stereocenters. The Morgan fingerprint density at radius 2 is 2.17 bits per heavy atom. The summed E-state index contributed by atoms with van der Waals surface area (Å²) >= 11 is 0. The maximum absolute atomic E-state index is 11.6. The quantitative estimate of drug-likeness (QED) is 0.535. The third kappa shape index (κ3) is 2.90. The first-order valence-electron chi connectivity index (χ1n) is 5.04. The van der Waals surface area contributed by atoms with Crippen LogP contribution in [0.3, 0.4) is 0 Å². The van der Waals surface area contributed by atoms with Gasteiger partial charge in [0.15, 0.2) is 0 Å². The van der Waals surface area contributed by atoms with E-state index in [4.69, 9.17) is 0 Å². The fourth-order valence-electron chi connectivity index (χ4n) is 1.36. The maximum atomic E-state index is 11.6. The van der Waals surface area contributed by atoms with Crippen molar-refractivity contribution in [2.45, 2.75) is 13.3 Å². The number of nitrogens with zero attached hydrogens (tertiary/aromatic N) is 2. The van der Waals surface area contributed by atoms with E-state index in [1.54, 1.807) is 6.92 Å². The monoisotopic (exact) mass is 250 g/mol. The van der Waals surface area contributed by atoms with Gasteiger partial charge in [0.25, 0.3) is 5.56 Å². The summed E-state index contributed by atoms with van der Waals surface area (Å²) in [7, 11) is 0. The van der Waals surface area contributed by atoms with E-state index >= 15 is 0 Å². The van der Waals surface area contributed by atoms with Crippen molar-refractivity contribution in [1.82, 2.24) is 25.1 Å². The Kier molecular flexibility index (Phi) is 3.04. The number of amides is 1. The van der Waals surface area contributed by atoms with Crippen molar-refractivity contribution in [1.29, 1.82) is 0 Å². The van der Waals surface area contributed by atoms with Crippen LogP contribution in [0, 0.1) is 6.92 Å². The van der Waals surface area contributed by atoms with Crippen LogP contribution >= 0.6 is 0 Å². The third-order valence-corrected chi connectivity index (χ3v) is 2.02. The molecule has 4 N–H and O–H groups in total. The fourth-order valence-corrected chi connectivity index (χ4v) is 1.36. The van der Waals surface area contributed by atoms with Gasteiger partial charge in [-0.15, -0.1) is 5.10 Å². The van der Waals surface area contributed by atoms with Gasteiger partial charge in [0.2, 0.25) is 11.9 Å². The number of hydrogen-bond donors (Lipinski definition) is 4. The van der Waals surface area contributed by atoms with Gasteiger partial charge in [0.1, 0.15) is 5.82 Å². The molecule has 0 aromatic carbocycles. The summed E-state index contributed by atoms with van der Waals surface area (Å²) in [5, 5.41) is 8.72. The van der Waals surface area contributed by atoms with Gasteiger partial charge in [0.05, 0.1) is 6.42 Å². The van der Waals surface area contributed by atoms with Gasteiger partial charge >= 0.3 is 5.69 Å². The first-order chi connectivity index (χ1) is 8.52. The van der Waals surface area contributed by atoms with E-state index in [9.17, 15) is 14.4 Å². The van der Waals surface area contributed by atoms with Crippen molar-refractivity contribution in [3.05, 3.63) is 38.4 Å². The molecule has 2 aromatic heterocycles. The smallest absolute Gasteiger partial charge is 0.311 e. The van der Waals surface area contributed by atoms with Crippen LogP contribution in [0.5, 0.6) is 0 Å². The summed E-state index contributed by atoms with van der Waals surface area (Å²) in [5.74, 6) is 0.273. The number of H-pyrrole nitrogens is 3. The summed E-state index contributed by atoms with van der Waals surface area (Å²) in [6, 6.07) is 1.14. The van der Waals surface area contributed by atoms with Crippen molar-refractivity contribution in [3.63, 3.8) is 0 Å². The highest BCUT2D eigenvalue weighted by Crippen LogP contribution is 1.98. The number of nitrogens with one attached hydrogen (secondary N) is 4. The van der Waals surface area contributed by atoms with E-state index in [1.165, 1.54) is 0 Å². The molecule has 0 unspecified atom stereocenters. The number of aromatic nitrogens is 5. The second kappa shape index (κ2) is 4.65. The minimum atomic E-state index is -0.654. The Morgan fingerprint density at radius 1 is 1.39 bits per heavy atom. The summed E-state index contributed by atoms with van der Waals surface area (Å²) < 4.78 is 0. The lowest BCUT2D eigenvalue weighted by Gasteiger charge is -2.00. The minimum absolute atomic E-state index is 0.143. The van der Waals surface area contributed by atoms with E-state index in [2.05, 4.69) is 25.5 Å². The van der Waals surface area contributed by atoms with Gasteiger partial charge in [-0.3, -0.25) is 25.0 Å². The van der Waals surface area contributed by atoms with Crippen LogP contribution in [0.1, 0.15) is 11.5 Å². The van der Waals surface area contributed by atoms with Crippen molar-refractivity contribution in [2.75, 3.05) is 5.32 Å². The fraction of sp³-hybridized carbons (Fsp3) is 0.222. The molecule has 0 saturated heterocycles. The number of anilines is 1. The lowest BCUT2D eigenvalue weighted by Crippen LogP contribution is -2.25. The van der Waals surface area contributed by atoms with E-state index < -0.39 is 17.2 Å². The molecule has 0 radical (unpaired) electrons. The third-order valence-electron chi connectivity index (χ3n) is 2.02. The largest absolute Gasteiger partial charge is 0.325 e. The zero-order valence-corrected chi connectivity index (χ0v) is 9.40. The molecule has 94 valence electrons. The van der Waals surface area contributed by atoms with Crippen molar-refractivity contribution in [3.8, 4) is 0 Å². The molecule has 2 heterocycles. The molecular weight excluding hydrogens is 240 g/mol. The Hall–Kier alpha value is -2.71. The van der Waals surface area contributed by atoms with E-state index in [-0.39, 0.29) is 18.1 Å². The van der Waals surface area contributed by atoms with Crippen LogP contribution < -0.4 is 16.6 Å². The second-order valence-corrected chi connectivity index (χ2v) is 3.58. The molecular formula is C9H10N6O3. The number of aromatic amines is 3. The molecule has 0 bridgehead atoms. The van der Waals surface area contributed by atoms with Crippen molar-refractivity contribution in [2.24, 2.45) is 0 Å². The number of hydrogen-bond acceptors (Lipinski definition) is 5. The average molecular weight is 250 g/mol. The second-order valence-electron chi connectivity index (χ2n) is 3.58. The number of aryl methyl sites for hydroxylation is 1. The molecule has 0 fully saturated rings. The molecule has 0 spiro atoms. The summed E-state index contributed by atoms with van der Waals surface area (Å²) in [6.07, 6.45) is -0.146. The van der Waals surface area contributed by atoms with Gasteiger partial charge in [-0.1, -0.05) is 0 Å². The molecule has 9 heteroatoms. The first-order valence-corrected chi connectivity index (χ1v) is 5.04. The van der Waals surface area contributed by atoms with Gasteiger partial charge in [-0.05, 0) is 6.92 Å². The summed E-state index contributed by atoms with van der Waals surface area (Å²) in [6.45, 7) is 1.69. The average Bonchev–Trinajstić information content (AvgIpc) is 2.61. The van der Waals surface area contributed by atoms with E-state index in [0.29, 0.717) is 5.82 Å². The van der Waals surface area contributed by atoms with Gasteiger partial charge in [-0.25, -0.2) is 4.79 Å². The van der Waals surface area contributed by atoms with Gasteiger partial charge in [-0.2, -0.15) is 4.98 Å². The number of rotatable bonds is 3. The normalized spacial score (nSPS) is 10.3. The SMILES string of the molecule is Cc1nc(NC(=O)Cc2cc(=O)[nH]c(=O)[nH]2)n[nH]1. The van der Waals surface area contributed by atoms with Crippen molar-refractivity contribution >= 4 is 11.9 Å². The first kappa shape index (κ1) is 11.8. The lowest BCUT2D eigenvalue weighted by atomic mass is 10.3. The number of carbonyl (C=O) groups is 1. The molecule has 18 heavy (non-hydrogen) atoms. The van der Waals surface area contributed by atoms with Crippen LogP contribution in [-0.2, 0) is 11.2 Å². The Labute approximate surface area is 99.7 Å². The molecule has 0 aliphatic rings. The van der Waals surface area contributed by atoms with Crippen LogP contribution in [0.15, 0.2) is 15.7 Å². The van der Waals surface area contributed by atoms with Crippen molar-refractivity contribution < 1.29 is 4.79 Å². The highest BCUT2D eigenvalue weighted by molar-refractivity contribution is 5.90. The predicted octanol–water partition coefficient (Wildman–Crippen LogP) is -1.33. The van der Waals surface area contributed by atoms with E-state index in [0.717, 1.165) is 6.07 Å². The molecule has 2 rings (SSSR count). The van der Waals surface area contributed by atoms with E-state index in [1.807, 2.05) is 4.98 Å². The lowest BCUT2D eigenvalue weighted by molar-refractivity contribution is -0.115. The molecule has 0 saturated carbocycles. The Balaban J connectivity index is 2.07. The summed E-state index contributed by atoms with van der Waals surface area (Å²) in [4.78, 5) is 41.8. The highest BCUT2D eigenvalue weighted by atomic mass is 16.2. The summed E-state index contributed by atoms with van der Waals surface area (Å²) in [5.41, 5.74) is -0.997. The molecule has 0 aliphatic carbocycles. The van der Waals surface area contributed by atoms with Gasteiger partial charge < -0.3 is 4.98 Å². The zero-order chi connectivity index (χ0) is 13.1. The predicted molar refractivity (Wildman–Crippen MR) is 61.1 cm³/mol. The molecule has 2 aromatic rings. The molecule has 9 nitrogen and oxygen atoms in total. The molecule has 1 amide bonds. The Morgan fingerprint density at radius 3 is 2.78 bits per heavy atom. The van der Waals surface area contributed by atoms with Crippen LogP contribution in [0.2, 0.25) is 0 Å². The van der Waals surface area contributed by atoms with Gasteiger partial charge in [0, 0.05) is 11.8 Å². The Bertz CT molecular complexity index is 654. The molecule has 0 aliphatic heterocycles. The van der Waals surface area contributed by atoms with Crippen LogP contribution in [-0.4, -0.2) is 31.1 Å². The minimum Gasteiger partial charge on any atom is -0.311 e. The maximum Gasteiger partial charge on any atom is 0.325 e. The van der Waals surface area contributed by atoms with Crippen LogP contribution in [0.25, 0.3) is 0 Å². The standard InChI is InChI=1S/C9H10N6O3/c1-4-10-8(15-14-4)12-6(16)2-5-3-7(17)13-9(18)11-5/h3H,2H2,1H3,(H2,11,13,17,18)(H2,10,12,14,15,16). The topological polar surface area (TPSA) is 136 Å². The zero-order valence-electron chi connectivity index (χ0n) is 9.40. The highest BCUT2D eigenvalue weighted by Gasteiger charge is 2.08. The van der Waals surface area contributed by atoms with Crippen LogP contribution in [0.4, 0.5) is 5.95 Å².